The minimum atomic E-state index is -0.578. The second kappa shape index (κ2) is 7.60. The van der Waals surface area contributed by atoms with Gasteiger partial charge in [0.25, 0.3) is 5.91 Å². The number of benzene rings is 1. The number of carbonyl (C=O) groups is 1. The highest BCUT2D eigenvalue weighted by atomic mass is 79.9. The molecule has 0 aliphatic rings. The summed E-state index contributed by atoms with van der Waals surface area (Å²) in [4.78, 5) is 11.9. The number of hydrogen-bond acceptors (Lipinski definition) is 2. The third kappa shape index (κ3) is 4.58. The molecule has 1 amide bonds. The standard InChI is InChI=1S/C14H19BrFNO2/c1-3-9(4-2)13(18)8-17-14(19)11-7-10(16)5-6-12(11)15/h5-7,9,13,18H,3-4,8H2,1-2H3,(H,17,19)/t13-/m0/s1. The van der Waals surface area contributed by atoms with Crippen LogP contribution in [0.4, 0.5) is 4.39 Å². The van der Waals surface area contributed by atoms with Crippen LogP contribution in [0.2, 0.25) is 0 Å². The van der Waals surface area contributed by atoms with E-state index in [1.807, 2.05) is 13.8 Å². The lowest BCUT2D eigenvalue weighted by molar-refractivity contribution is 0.0816. The Balaban J connectivity index is 2.63. The molecule has 0 aliphatic carbocycles. The molecule has 0 heterocycles. The van der Waals surface area contributed by atoms with Crippen LogP contribution in [0.3, 0.4) is 0 Å². The predicted octanol–water partition coefficient (Wildman–Crippen LogP) is 3.12. The molecule has 0 fully saturated rings. The molecule has 0 aromatic heterocycles. The molecule has 0 radical (unpaired) electrons. The molecule has 0 spiro atoms. The van der Waals surface area contributed by atoms with Crippen molar-refractivity contribution < 1.29 is 14.3 Å². The Morgan fingerprint density at radius 3 is 2.63 bits per heavy atom. The van der Waals surface area contributed by atoms with Crippen molar-refractivity contribution in [2.45, 2.75) is 32.8 Å². The van der Waals surface area contributed by atoms with Gasteiger partial charge in [0.2, 0.25) is 0 Å². The molecule has 3 nitrogen and oxygen atoms in total. The van der Waals surface area contributed by atoms with E-state index in [0.717, 1.165) is 12.8 Å². The zero-order valence-corrected chi connectivity index (χ0v) is 12.7. The van der Waals surface area contributed by atoms with Crippen LogP contribution in [0.25, 0.3) is 0 Å². The van der Waals surface area contributed by atoms with Crippen molar-refractivity contribution in [2.24, 2.45) is 5.92 Å². The summed E-state index contributed by atoms with van der Waals surface area (Å²) in [6.07, 6.45) is 1.14. The Morgan fingerprint density at radius 2 is 2.05 bits per heavy atom. The van der Waals surface area contributed by atoms with E-state index in [1.165, 1.54) is 18.2 Å². The molecule has 0 saturated heterocycles. The van der Waals surface area contributed by atoms with E-state index in [9.17, 15) is 14.3 Å². The molecule has 2 N–H and O–H groups in total. The Kier molecular flexibility index (Phi) is 6.45. The summed E-state index contributed by atoms with van der Waals surface area (Å²) in [5.41, 5.74) is 0.233. The first-order chi connectivity index (χ1) is 8.99. The molecular weight excluding hydrogens is 313 g/mol. The van der Waals surface area contributed by atoms with E-state index in [0.29, 0.717) is 4.47 Å². The van der Waals surface area contributed by atoms with Crippen molar-refractivity contribution in [1.82, 2.24) is 5.32 Å². The molecule has 5 heteroatoms. The molecule has 1 atom stereocenters. The lowest BCUT2D eigenvalue weighted by Gasteiger charge is -2.20. The molecule has 1 rings (SSSR count). The summed E-state index contributed by atoms with van der Waals surface area (Å²) in [7, 11) is 0. The molecule has 0 bridgehead atoms. The van der Waals surface area contributed by atoms with Crippen molar-refractivity contribution in [3.05, 3.63) is 34.1 Å². The van der Waals surface area contributed by atoms with Crippen molar-refractivity contribution in [2.75, 3.05) is 6.54 Å². The number of aliphatic hydroxyl groups is 1. The summed E-state index contributed by atoms with van der Waals surface area (Å²) >= 11 is 3.20. The van der Waals surface area contributed by atoms with Crippen molar-refractivity contribution >= 4 is 21.8 Å². The summed E-state index contributed by atoms with van der Waals surface area (Å²) in [6.45, 7) is 4.18. The monoisotopic (exact) mass is 331 g/mol. The van der Waals surface area contributed by atoms with Crippen LogP contribution in [0.1, 0.15) is 37.0 Å². The van der Waals surface area contributed by atoms with Crippen LogP contribution in [0.5, 0.6) is 0 Å². The van der Waals surface area contributed by atoms with E-state index in [2.05, 4.69) is 21.2 Å². The van der Waals surface area contributed by atoms with Gasteiger partial charge in [-0.05, 0) is 40.0 Å². The predicted molar refractivity (Wildman–Crippen MR) is 76.5 cm³/mol. The van der Waals surface area contributed by atoms with Crippen molar-refractivity contribution in [3.63, 3.8) is 0 Å². The molecule has 1 aromatic carbocycles. The van der Waals surface area contributed by atoms with Crippen LogP contribution in [0.15, 0.2) is 22.7 Å². The van der Waals surface area contributed by atoms with Gasteiger partial charge in [-0.3, -0.25) is 4.79 Å². The van der Waals surface area contributed by atoms with E-state index in [-0.39, 0.29) is 18.0 Å². The number of hydrogen-bond donors (Lipinski definition) is 2. The van der Waals surface area contributed by atoms with Gasteiger partial charge in [0.05, 0.1) is 11.7 Å². The van der Waals surface area contributed by atoms with Crippen molar-refractivity contribution in [1.29, 1.82) is 0 Å². The van der Waals surface area contributed by atoms with E-state index in [1.54, 1.807) is 0 Å². The van der Waals surface area contributed by atoms with Gasteiger partial charge in [-0.2, -0.15) is 0 Å². The first-order valence-electron chi connectivity index (χ1n) is 6.40. The van der Waals surface area contributed by atoms with E-state index >= 15 is 0 Å². The second-order valence-corrected chi connectivity index (χ2v) is 5.33. The van der Waals surface area contributed by atoms with Crippen LogP contribution in [0, 0.1) is 11.7 Å². The summed E-state index contributed by atoms with van der Waals surface area (Å²) in [5.74, 6) is -0.693. The Labute approximate surface area is 121 Å². The number of rotatable bonds is 6. The van der Waals surface area contributed by atoms with Gasteiger partial charge in [-0.15, -0.1) is 0 Å². The van der Waals surface area contributed by atoms with Crippen LogP contribution < -0.4 is 5.32 Å². The van der Waals surface area contributed by atoms with Gasteiger partial charge in [0.15, 0.2) is 0 Å². The van der Waals surface area contributed by atoms with Gasteiger partial charge in [0.1, 0.15) is 5.82 Å². The number of aliphatic hydroxyl groups excluding tert-OH is 1. The molecular formula is C14H19BrFNO2. The molecule has 1 aromatic rings. The Bertz CT molecular complexity index is 435. The van der Waals surface area contributed by atoms with Crippen LogP contribution >= 0.6 is 15.9 Å². The first kappa shape index (κ1) is 16.1. The Morgan fingerprint density at radius 1 is 1.42 bits per heavy atom. The molecule has 0 unspecified atom stereocenters. The number of amides is 1. The third-order valence-corrected chi connectivity index (χ3v) is 3.93. The maximum absolute atomic E-state index is 13.1. The summed E-state index contributed by atoms with van der Waals surface area (Å²) in [5, 5.41) is 12.6. The third-order valence-electron chi connectivity index (χ3n) is 3.24. The molecule has 0 saturated carbocycles. The largest absolute Gasteiger partial charge is 0.391 e. The fourth-order valence-electron chi connectivity index (χ4n) is 1.96. The van der Waals surface area contributed by atoms with Gasteiger partial charge in [-0.1, -0.05) is 26.7 Å². The smallest absolute Gasteiger partial charge is 0.252 e. The van der Waals surface area contributed by atoms with Crippen LogP contribution in [-0.4, -0.2) is 23.7 Å². The first-order valence-corrected chi connectivity index (χ1v) is 7.20. The van der Waals surface area contributed by atoms with Gasteiger partial charge in [0, 0.05) is 11.0 Å². The molecule has 106 valence electrons. The van der Waals surface area contributed by atoms with E-state index in [4.69, 9.17) is 0 Å². The summed E-state index contributed by atoms with van der Waals surface area (Å²) < 4.78 is 13.6. The Hall–Kier alpha value is -0.940. The highest BCUT2D eigenvalue weighted by molar-refractivity contribution is 9.10. The minimum absolute atomic E-state index is 0.163. The van der Waals surface area contributed by atoms with Gasteiger partial charge < -0.3 is 10.4 Å². The fourth-order valence-corrected chi connectivity index (χ4v) is 2.39. The zero-order chi connectivity index (χ0) is 14.4. The van der Waals surface area contributed by atoms with Crippen molar-refractivity contribution in [3.8, 4) is 0 Å². The second-order valence-electron chi connectivity index (χ2n) is 4.48. The van der Waals surface area contributed by atoms with Gasteiger partial charge in [-0.25, -0.2) is 4.39 Å². The van der Waals surface area contributed by atoms with Crippen LogP contribution in [-0.2, 0) is 0 Å². The number of halogens is 2. The average Bonchev–Trinajstić information content (AvgIpc) is 2.40. The number of nitrogens with one attached hydrogen (secondary N) is 1. The highest BCUT2D eigenvalue weighted by Crippen LogP contribution is 2.18. The lowest BCUT2D eigenvalue weighted by Crippen LogP contribution is -2.36. The van der Waals surface area contributed by atoms with E-state index < -0.39 is 17.8 Å². The van der Waals surface area contributed by atoms with Gasteiger partial charge >= 0.3 is 0 Å². The molecule has 0 aliphatic heterocycles. The SMILES string of the molecule is CCC(CC)[C@@H](O)CNC(=O)c1cc(F)ccc1Br. The topological polar surface area (TPSA) is 49.3 Å². The minimum Gasteiger partial charge on any atom is -0.391 e. The highest BCUT2D eigenvalue weighted by Gasteiger charge is 2.17. The normalized spacial score (nSPS) is 12.5. The zero-order valence-electron chi connectivity index (χ0n) is 11.1. The fraction of sp³-hybridized carbons (Fsp3) is 0.500. The average molecular weight is 332 g/mol. The maximum Gasteiger partial charge on any atom is 0.252 e. The molecule has 19 heavy (non-hydrogen) atoms. The number of carbonyl (C=O) groups excluding carboxylic acids is 1. The summed E-state index contributed by atoms with van der Waals surface area (Å²) in [6, 6.07) is 3.93. The quantitative estimate of drug-likeness (QED) is 0.841. The lowest BCUT2D eigenvalue weighted by atomic mass is 9.96. The maximum atomic E-state index is 13.1.